The molecule has 0 spiro atoms. The summed E-state index contributed by atoms with van der Waals surface area (Å²) in [6.45, 7) is 8.75. The molecule has 0 unspecified atom stereocenters. The van der Waals surface area contributed by atoms with E-state index < -0.39 is 0 Å². The number of anilines is 2. The third kappa shape index (κ3) is 4.64. The molecule has 0 bridgehead atoms. The minimum Gasteiger partial charge on any atom is -0.459 e. The van der Waals surface area contributed by atoms with Crippen molar-refractivity contribution in [2.75, 3.05) is 43.6 Å². The number of aromatic amines is 1. The van der Waals surface area contributed by atoms with E-state index in [0.717, 1.165) is 57.9 Å². The number of esters is 1. The van der Waals surface area contributed by atoms with Crippen molar-refractivity contribution in [1.29, 1.82) is 0 Å². The van der Waals surface area contributed by atoms with Crippen LogP contribution in [-0.4, -0.2) is 60.4 Å². The fraction of sp³-hybridized carbons (Fsp3) is 0.321. The number of rotatable bonds is 6. The van der Waals surface area contributed by atoms with Crippen LogP contribution in [0, 0.1) is 6.92 Å². The highest BCUT2D eigenvalue weighted by atomic mass is 16.5. The molecule has 1 fully saturated rings. The van der Waals surface area contributed by atoms with Gasteiger partial charge < -0.3 is 24.7 Å². The Kier molecular flexibility index (Phi) is 6.61. The molecule has 0 atom stereocenters. The van der Waals surface area contributed by atoms with Crippen LogP contribution in [0.1, 0.15) is 29.8 Å². The van der Waals surface area contributed by atoms with Crippen LogP contribution in [0.2, 0.25) is 0 Å². The van der Waals surface area contributed by atoms with Gasteiger partial charge in [-0.15, -0.1) is 0 Å². The van der Waals surface area contributed by atoms with Crippen LogP contribution in [0.3, 0.4) is 0 Å². The Balaban J connectivity index is 1.69. The number of ether oxygens (including phenoxy) is 2. The lowest BCUT2D eigenvalue weighted by molar-refractivity contribution is 0.0377. The van der Waals surface area contributed by atoms with Gasteiger partial charge in [-0.3, -0.25) is 0 Å². The zero-order valence-electron chi connectivity index (χ0n) is 21.1. The number of fused-ring (bicyclic) bond motifs is 1. The van der Waals surface area contributed by atoms with Crippen molar-refractivity contribution >= 4 is 28.5 Å². The van der Waals surface area contributed by atoms with Crippen molar-refractivity contribution in [2.24, 2.45) is 0 Å². The van der Waals surface area contributed by atoms with E-state index in [1.807, 2.05) is 39.2 Å². The van der Waals surface area contributed by atoms with Crippen molar-refractivity contribution in [3.8, 4) is 22.4 Å². The third-order valence-corrected chi connectivity index (χ3v) is 6.39. The summed E-state index contributed by atoms with van der Waals surface area (Å²) >= 11 is 0. The predicted molar refractivity (Wildman–Crippen MR) is 143 cm³/mol. The zero-order valence-corrected chi connectivity index (χ0v) is 21.1. The number of nitrogens with zero attached hydrogens (tertiary/aromatic N) is 3. The van der Waals surface area contributed by atoms with Gasteiger partial charge in [0.1, 0.15) is 11.5 Å². The Labute approximate surface area is 210 Å². The average Bonchev–Trinajstić information content (AvgIpc) is 3.28. The van der Waals surface area contributed by atoms with Crippen molar-refractivity contribution < 1.29 is 14.3 Å². The Morgan fingerprint density at radius 2 is 1.92 bits per heavy atom. The minimum atomic E-state index is -0.383. The predicted octanol–water partition coefficient (Wildman–Crippen LogP) is 5.04. The van der Waals surface area contributed by atoms with Gasteiger partial charge in [-0.2, -0.15) is 0 Å². The van der Waals surface area contributed by atoms with Crippen LogP contribution in [-0.2, 0) is 9.47 Å². The second kappa shape index (κ2) is 9.99. The summed E-state index contributed by atoms with van der Waals surface area (Å²) in [5.41, 5.74) is 7.25. The molecule has 4 aromatic rings. The van der Waals surface area contributed by atoms with Crippen LogP contribution in [0.15, 0.2) is 48.8 Å². The monoisotopic (exact) mass is 485 g/mol. The normalized spacial score (nSPS) is 13.9. The van der Waals surface area contributed by atoms with Crippen molar-refractivity contribution in [3.05, 3.63) is 59.9 Å². The molecule has 1 saturated heterocycles. The Hall–Kier alpha value is -3.91. The molecule has 8 heteroatoms. The van der Waals surface area contributed by atoms with Crippen molar-refractivity contribution in [3.63, 3.8) is 0 Å². The molecule has 5 rings (SSSR count). The number of aryl methyl sites for hydroxylation is 1. The highest BCUT2D eigenvalue weighted by Crippen LogP contribution is 2.40. The first-order chi connectivity index (χ1) is 17.4. The number of H-pyrrole nitrogens is 1. The summed E-state index contributed by atoms with van der Waals surface area (Å²) in [7, 11) is 1.92. The average molecular weight is 486 g/mol. The summed E-state index contributed by atoms with van der Waals surface area (Å²) in [5.74, 6) is 0.529. The van der Waals surface area contributed by atoms with Crippen LogP contribution < -0.4 is 10.2 Å². The summed E-state index contributed by atoms with van der Waals surface area (Å²) < 4.78 is 10.9. The van der Waals surface area contributed by atoms with Gasteiger partial charge in [-0.05, 0) is 56.2 Å². The van der Waals surface area contributed by atoms with Crippen molar-refractivity contribution in [2.45, 2.75) is 26.9 Å². The molecule has 0 aliphatic carbocycles. The SMILES string of the molecule is CNc1cc(-c2c(-c3ccnc(N4CCOCC4)c3)[nH]c3ncc(C(=O)OC(C)C)cc23)ccc1C. The fourth-order valence-electron chi connectivity index (χ4n) is 4.57. The standard InChI is InChI=1S/C28H31N5O3/c1-17(2)36-28(34)21-13-22-25(19-6-5-18(3)23(14-19)29-4)26(32-27(22)31-16-21)20-7-8-30-24(15-20)33-9-11-35-12-10-33/h5-8,13-17,29H,9-12H2,1-4H3,(H,31,32). The number of carbonyl (C=O) groups excluding carboxylic acids is 1. The van der Waals surface area contributed by atoms with E-state index in [9.17, 15) is 4.79 Å². The number of carbonyl (C=O) groups is 1. The van der Waals surface area contributed by atoms with E-state index in [4.69, 9.17) is 9.47 Å². The molecule has 0 radical (unpaired) electrons. The second-order valence-electron chi connectivity index (χ2n) is 9.23. The van der Waals surface area contributed by atoms with E-state index >= 15 is 0 Å². The molecule has 4 heterocycles. The molecular formula is C28H31N5O3. The number of hydrogen-bond acceptors (Lipinski definition) is 7. The molecule has 8 nitrogen and oxygen atoms in total. The van der Waals surface area contributed by atoms with Crippen LogP contribution >= 0.6 is 0 Å². The summed E-state index contributed by atoms with van der Waals surface area (Å²) in [5, 5.41) is 4.14. The van der Waals surface area contributed by atoms with E-state index in [1.165, 1.54) is 0 Å². The van der Waals surface area contributed by atoms with Gasteiger partial charge in [0.15, 0.2) is 0 Å². The molecule has 1 aliphatic rings. The van der Waals surface area contributed by atoms with Crippen LogP contribution in [0.5, 0.6) is 0 Å². The third-order valence-electron chi connectivity index (χ3n) is 6.39. The molecule has 3 aromatic heterocycles. The highest BCUT2D eigenvalue weighted by molar-refractivity contribution is 6.05. The number of pyridine rings is 2. The summed E-state index contributed by atoms with van der Waals surface area (Å²) in [4.78, 5) is 27.6. The Morgan fingerprint density at radius 3 is 2.67 bits per heavy atom. The molecule has 1 aromatic carbocycles. The molecule has 2 N–H and O–H groups in total. The smallest absolute Gasteiger partial charge is 0.339 e. The van der Waals surface area contributed by atoms with E-state index in [-0.39, 0.29) is 12.1 Å². The minimum absolute atomic E-state index is 0.208. The number of aromatic nitrogens is 3. The van der Waals surface area contributed by atoms with Gasteiger partial charge in [0.25, 0.3) is 0 Å². The molecule has 36 heavy (non-hydrogen) atoms. The summed E-state index contributed by atoms with van der Waals surface area (Å²) in [6, 6.07) is 12.3. The lowest BCUT2D eigenvalue weighted by Gasteiger charge is -2.28. The zero-order chi connectivity index (χ0) is 25.2. The Bertz CT molecular complexity index is 1410. The number of benzene rings is 1. The van der Waals surface area contributed by atoms with Gasteiger partial charge in [0.05, 0.1) is 30.6 Å². The first kappa shape index (κ1) is 23.8. The number of hydrogen-bond donors (Lipinski definition) is 2. The largest absolute Gasteiger partial charge is 0.459 e. The van der Waals surface area contributed by atoms with Gasteiger partial charge in [-0.25, -0.2) is 14.8 Å². The Morgan fingerprint density at radius 1 is 1.11 bits per heavy atom. The molecule has 0 amide bonds. The molecule has 186 valence electrons. The highest BCUT2D eigenvalue weighted by Gasteiger charge is 2.21. The van der Waals surface area contributed by atoms with E-state index in [2.05, 4.69) is 56.4 Å². The number of morpholine rings is 1. The van der Waals surface area contributed by atoms with Gasteiger partial charge >= 0.3 is 5.97 Å². The summed E-state index contributed by atoms with van der Waals surface area (Å²) in [6.07, 6.45) is 3.19. The van der Waals surface area contributed by atoms with Gasteiger partial charge in [-0.1, -0.05) is 12.1 Å². The molecular weight excluding hydrogens is 454 g/mol. The fourth-order valence-corrected chi connectivity index (χ4v) is 4.57. The van der Waals surface area contributed by atoms with Crippen LogP contribution in [0.25, 0.3) is 33.4 Å². The topological polar surface area (TPSA) is 92.4 Å². The molecule has 1 aliphatic heterocycles. The van der Waals surface area contributed by atoms with E-state index in [0.29, 0.717) is 24.4 Å². The van der Waals surface area contributed by atoms with Crippen LogP contribution in [0.4, 0.5) is 11.5 Å². The lowest BCUT2D eigenvalue weighted by atomic mass is 9.97. The lowest BCUT2D eigenvalue weighted by Crippen LogP contribution is -2.36. The maximum absolute atomic E-state index is 12.7. The van der Waals surface area contributed by atoms with E-state index in [1.54, 1.807) is 6.20 Å². The quantitative estimate of drug-likeness (QED) is 0.370. The first-order valence-electron chi connectivity index (χ1n) is 12.2. The van der Waals surface area contributed by atoms with Crippen molar-refractivity contribution in [1.82, 2.24) is 15.0 Å². The first-order valence-corrected chi connectivity index (χ1v) is 12.2. The number of nitrogens with one attached hydrogen (secondary N) is 2. The van der Waals surface area contributed by atoms with Gasteiger partial charge in [0.2, 0.25) is 0 Å². The maximum Gasteiger partial charge on any atom is 0.339 e. The maximum atomic E-state index is 12.7. The second-order valence-corrected chi connectivity index (χ2v) is 9.23. The molecule has 0 saturated carbocycles. The van der Waals surface area contributed by atoms with Gasteiger partial charge in [0, 0.05) is 54.7 Å².